The highest BCUT2D eigenvalue weighted by atomic mass is 15.4. The normalized spacial score (nSPS) is 11.4. The number of hydrogen-bond acceptors (Lipinski definition) is 3. The van der Waals surface area contributed by atoms with Gasteiger partial charge >= 0.3 is 0 Å². The molecule has 0 amide bonds. The van der Waals surface area contributed by atoms with Gasteiger partial charge in [-0.15, -0.1) is 0 Å². The molecular weight excluding hydrogens is 236 g/mol. The molecule has 0 aliphatic heterocycles. The third kappa shape index (κ3) is 3.22. The van der Waals surface area contributed by atoms with Crippen LogP contribution >= 0.6 is 0 Å². The van der Waals surface area contributed by atoms with Crippen molar-refractivity contribution in [1.82, 2.24) is 9.66 Å². The summed E-state index contributed by atoms with van der Waals surface area (Å²) in [5.41, 5.74) is 2.26. The van der Waals surface area contributed by atoms with Gasteiger partial charge in [0.2, 0.25) is 0 Å². The fraction of sp³-hybridized carbons (Fsp3) is 0.333. The van der Waals surface area contributed by atoms with Gasteiger partial charge in [0.05, 0.1) is 6.21 Å². The van der Waals surface area contributed by atoms with E-state index in [1.165, 1.54) is 5.69 Å². The van der Waals surface area contributed by atoms with E-state index in [-0.39, 0.29) is 0 Å². The molecule has 0 N–H and O–H groups in total. The van der Waals surface area contributed by atoms with Crippen LogP contribution in [-0.4, -0.2) is 30.0 Å². The topological polar surface area (TPSA) is 33.4 Å². The van der Waals surface area contributed by atoms with E-state index in [1.807, 2.05) is 31.2 Å². The van der Waals surface area contributed by atoms with Gasteiger partial charge in [0.1, 0.15) is 5.82 Å². The molecule has 0 saturated heterocycles. The third-order valence-electron chi connectivity index (χ3n) is 2.91. The minimum atomic E-state index is 0.364. The second kappa shape index (κ2) is 5.69. The van der Waals surface area contributed by atoms with Gasteiger partial charge in [-0.3, -0.25) is 0 Å². The lowest BCUT2D eigenvalue weighted by Gasteiger charge is -2.11. The molecule has 0 aliphatic carbocycles. The van der Waals surface area contributed by atoms with Crippen molar-refractivity contribution in [1.29, 1.82) is 0 Å². The van der Waals surface area contributed by atoms with Crippen molar-refractivity contribution in [3.63, 3.8) is 0 Å². The molecule has 0 bridgehead atoms. The molecule has 1 aromatic carbocycles. The Morgan fingerprint density at radius 2 is 1.89 bits per heavy atom. The summed E-state index contributed by atoms with van der Waals surface area (Å²) in [6.45, 7) is 4.22. The minimum absolute atomic E-state index is 0.364. The standard InChI is InChI=1S/C15H20N4/c1-12(2)15-16-9-10-19(15)17-11-13-5-7-14(8-6-13)18(3)4/h5-12H,1-4H3. The first kappa shape index (κ1) is 13.3. The first-order valence-electron chi connectivity index (χ1n) is 6.43. The summed E-state index contributed by atoms with van der Waals surface area (Å²) in [6, 6.07) is 8.28. The summed E-state index contributed by atoms with van der Waals surface area (Å²) in [6.07, 6.45) is 5.51. The van der Waals surface area contributed by atoms with E-state index in [1.54, 1.807) is 6.20 Å². The summed E-state index contributed by atoms with van der Waals surface area (Å²) in [7, 11) is 4.06. The van der Waals surface area contributed by atoms with Crippen LogP contribution in [0.2, 0.25) is 0 Å². The van der Waals surface area contributed by atoms with Crippen LogP contribution in [0.3, 0.4) is 0 Å². The Labute approximate surface area is 114 Å². The largest absolute Gasteiger partial charge is 0.378 e. The number of nitrogens with zero attached hydrogens (tertiary/aromatic N) is 4. The van der Waals surface area contributed by atoms with E-state index >= 15 is 0 Å². The number of hydrogen-bond donors (Lipinski definition) is 0. The second-order valence-electron chi connectivity index (χ2n) is 5.02. The van der Waals surface area contributed by atoms with Crippen LogP contribution < -0.4 is 4.90 Å². The van der Waals surface area contributed by atoms with Gasteiger partial charge in [-0.1, -0.05) is 26.0 Å². The van der Waals surface area contributed by atoms with Crippen molar-refractivity contribution in [3.05, 3.63) is 48.0 Å². The highest BCUT2D eigenvalue weighted by Gasteiger charge is 2.05. The molecule has 0 saturated carbocycles. The monoisotopic (exact) mass is 256 g/mol. The van der Waals surface area contributed by atoms with Crippen molar-refractivity contribution < 1.29 is 0 Å². The molecule has 0 fully saturated rings. The molecule has 0 radical (unpaired) electrons. The van der Waals surface area contributed by atoms with Gasteiger partial charge in [-0.05, 0) is 17.7 Å². The zero-order valence-electron chi connectivity index (χ0n) is 11.9. The zero-order valence-corrected chi connectivity index (χ0v) is 11.9. The molecule has 19 heavy (non-hydrogen) atoms. The van der Waals surface area contributed by atoms with Gasteiger partial charge < -0.3 is 4.90 Å². The minimum Gasteiger partial charge on any atom is -0.378 e. The molecule has 2 aromatic rings. The van der Waals surface area contributed by atoms with Crippen molar-refractivity contribution in [2.24, 2.45) is 5.10 Å². The molecule has 4 nitrogen and oxygen atoms in total. The van der Waals surface area contributed by atoms with E-state index in [2.05, 4.69) is 53.1 Å². The number of anilines is 1. The summed E-state index contributed by atoms with van der Waals surface area (Å²) in [4.78, 5) is 6.38. The highest BCUT2D eigenvalue weighted by molar-refractivity contribution is 5.80. The maximum absolute atomic E-state index is 4.45. The van der Waals surface area contributed by atoms with E-state index < -0.39 is 0 Å². The van der Waals surface area contributed by atoms with E-state index in [4.69, 9.17) is 0 Å². The van der Waals surface area contributed by atoms with Crippen LogP contribution in [-0.2, 0) is 0 Å². The van der Waals surface area contributed by atoms with Crippen LogP contribution in [0.1, 0.15) is 31.2 Å². The van der Waals surface area contributed by atoms with Crippen LogP contribution in [0.5, 0.6) is 0 Å². The van der Waals surface area contributed by atoms with E-state index in [0.29, 0.717) is 5.92 Å². The first-order valence-corrected chi connectivity index (χ1v) is 6.43. The van der Waals surface area contributed by atoms with Crippen molar-refractivity contribution in [3.8, 4) is 0 Å². The zero-order chi connectivity index (χ0) is 13.8. The van der Waals surface area contributed by atoms with Crippen molar-refractivity contribution in [2.75, 3.05) is 19.0 Å². The Kier molecular flexibility index (Phi) is 4.00. The quantitative estimate of drug-likeness (QED) is 0.788. The Hall–Kier alpha value is -2.10. The van der Waals surface area contributed by atoms with Crippen LogP contribution in [0.4, 0.5) is 5.69 Å². The lowest BCUT2D eigenvalue weighted by molar-refractivity contribution is 0.701. The number of benzene rings is 1. The first-order chi connectivity index (χ1) is 9.08. The predicted octanol–water partition coefficient (Wildman–Crippen LogP) is 2.95. The smallest absolute Gasteiger partial charge is 0.132 e. The van der Waals surface area contributed by atoms with Gasteiger partial charge in [0.15, 0.2) is 0 Å². The molecule has 100 valence electrons. The van der Waals surface area contributed by atoms with Gasteiger partial charge in [0, 0.05) is 38.1 Å². The Balaban J connectivity index is 2.16. The summed E-state index contributed by atoms with van der Waals surface area (Å²) in [5.74, 6) is 1.34. The van der Waals surface area contributed by atoms with Gasteiger partial charge in [0.25, 0.3) is 0 Å². The molecule has 0 atom stereocenters. The average Bonchev–Trinajstić information content (AvgIpc) is 2.85. The Morgan fingerprint density at radius 1 is 1.21 bits per heavy atom. The van der Waals surface area contributed by atoms with Crippen LogP contribution in [0, 0.1) is 0 Å². The lowest BCUT2D eigenvalue weighted by atomic mass is 10.2. The number of rotatable bonds is 4. The molecule has 1 heterocycles. The van der Waals surface area contributed by atoms with Crippen molar-refractivity contribution >= 4 is 11.9 Å². The number of imidazole rings is 1. The number of aromatic nitrogens is 2. The maximum atomic E-state index is 4.45. The average molecular weight is 256 g/mol. The molecule has 2 rings (SSSR count). The third-order valence-corrected chi connectivity index (χ3v) is 2.91. The summed E-state index contributed by atoms with van der Waals surface area (Å²) in [5, 5.41) is 4.45. The molecule has 4 heteroatoms. The molecular formula is C15H20N4. The lowest BCUT2D eigenvalue weighted by Crippen LogP contribution is -2.08. The van der Waals surface area contributed by atoms with Gasteiger partial charge in [-0.25, -0.2) is 9.66 Å². The fourth-order valence-corrected chi connectivity index (χ4v) is 1.81. The Morgan fingerprint density at radius 3 is 2.47 bits per heavy atom. The van der Waals surface area contributed by atoms with Gasteiger partial charge in [-0.2, -0.15) is 5.10 Å². The SMILES string of the molecule is CC(C)c1nccn1N=Cc1ccc(N(C)C)cc1. The highest BCUT2D eigenvalue weighted by Crippen LogP contribution is 2.13. The maximum Gasteiger partial charge on any atom is 0.132 e. The molecule has 0 aliphatic rings. The van der Waals surface area contributed by atoms with Crippen molar-refractivity contribution in [2.45, 2.75) is 19.8 Å². The molecule has 0 spiro atoms. The fourth-order valence-electron chi connectivity index (χ4n) is 1.81. The summed E-state index contributed by atoms with van der Waals surface area (Å²) >= 11 is 0. The van der Waals surface area contributed by atoms with E-state index in [0.717, 1.165) is 11.4 Å². The van der Waals surface area contributed by atoms with Crippen LogP contribution in [0.15, 0.2) is 41.8 Å². The molecule has 0 unspecified atom stereocenters. The predicted molar refractivity (Wildman–Crippen MR) is 80.1 cm³/mol. The second-order valence-corrected chi connectivity index (χ2v) is 5.02. The Bertz CT molecular complexity index is 550. The van der Waals surface area contributed by atoms with E-state index in [9.17, 15) is 0 Å². The molecule has 1 aromatic heterocycles. The summed E-state index contributed by atoms with van der Waals surface area (Å²) < 4.78 is 1.82. The van der Waals surface area contributed by atoms with Crippen LogP contribution in [0.25, 0.3) is 0 Å².